The predicted octanol–water partition coefficient (Wildman–Crippen LogP) is 3.96. The van der Waals surface area contributed by atoms with Crippen molar-refractivity contribution in [2.24, 2.45) is 0 Å². The van der Waals surface area contributed by atoms with Gasteiger partial charge in [-0.05, 0) is 49.3 Å². The molecule has 6 heteroatoms. The van der Waals surface area contributed by atoms with Crippen molar-refractivity contribution in [1.29, 1.82) is 0 Å². The number of hydrogen-bond acceptors (Lipinski definition) is 4. The van der Waals surface area contributed by atoms with Crippen molar-refractivity contribution in [3.8, 4) is 5.75 Å². The number of hydrogen-bond donors (Lipinski definition) is 1. The van der Waals surface area contributed by atoms with E-state index in [1.165, 1.54) is 0 Å². The molecular weight excluding hydrogens is 372 g/mol. The maximum atomic E-state index is 12.6. The maximum Gasteiger partial charge on any atom is 0.338 e. The first-order valence-electron chi connectivity index (χ1n) is 9.20. The van der Waals surface area contributed by atoms with Crippen LogP contribution in [0.5, 0.6) is 5.75 Å². The first-order chi connectivity index (χ1) is 13.5. The Labute approximate surface area is 170 Å². The molecule has 2 aromatic carbocycles. The Morgan fingerprint density at radius 2 is 1.82 bits per heavy atom. The number of carbonyl (C=O) groups is 1. The zero-order valence-electron chi connectivity index (χ0n) is 16.3. The van der Waals surface area contributed by atoms with Gasteiger partial charge in [0.15, 0.2) is 5.11 Å². The highest BCUT2D eigenvalue weighted by molar-refractivity contribution is 7.80. The van der Waals surface area contributed by atoms with Crippen molar-refractivity contribution in [3.05, 3.63) is 77.0 Å². The number of carbonyl (C=O) groups excluding carboxylic acids is 1. The molecule has 3 rings (SSSR count). The van der Waals surface area contributed by atoms with E-state index in [4.69, 9.17) is 21.7 Å². The first-order valence-corrected chi connectivity index (χ1v) is 9.61. The Hall–Kier alpha value is -2.86. The number of esters is 1. The molecule has 0 radical (unpaired) electrons. The number of nitrogens with zero attached hydrogens (tertiary/aromatic N) is 1. The van der Waals surface area contributed by atoms with Gasteiger partial charge in [-0.1, -0.05) is 42.5 Å². The van der Waals surface area contributed by atoms with Gasteiger partial charge in [-0.3, -0.25) is 0 Å². The van der Waals surface area contributed by atoms with Gasteiger partial charge in [-0.2, -0.15) is 0 Å². The molecule has 0 bridgehead atoms. The van der Waals surface area contributed by atoms with Crippen molar-refractivity contribution in [3.63, 3.8) is 0 Å². The van der Waals surface area contributed by atoms with Crippen LogP contribution in [-0.2, 0) is 16.1 Å². The van der Waals surface area contributed by atoms with E-state index >= 15 is 0 Å². The maximum absolute atomic E-state index is 12.6. The monoisotopic (exact) mass is 396 g/mol. The minimum Gasteiger partial charge on any atom is -0.489 e. The molecule has 2 aromatic rings. The van der Waals surface area contributed by atoms with Crippen LogP contribution in [0.15, 0.2) is 65.9 Å². The fourth-order valence-corrected chi connectivity index (χ4v) is 3.31. The molecule has 1 atom stereocenters. The van der Waals surface area contributed by atoms with E-state index in [2.05, 4.69) is 5.32 Å². The standard InChI is InChI=1S/C22H24N2O3S/c1-4-26-21(25)19-15(2)24(3)22(28)23-20(19)17-10-12-18(13-11-17)27-14-16-8-6-5-7-9-16/h5-13,20H,4,14H2,1-3H3,(H,23,28). The van der Waals surface area contributed by atoms with Crippen molar-refractivity contribution in [2.45, 2.75) is 26.5 Å². The summed E-state index contributed by atoms with van der Waals surface area (Å²) in [5.41, 5.74) is 3.38. The van der Waals surface area contributed by atoms with Gasteiger partial charge in [0, 0.05) is 12.7 Å². The summed E-state index contributed by atoms with van der Waals surface area (Å²) in [5, 5.41) is 3.81. The van der Waals surface area contributed by atoms with Crippen LogP contribution < -0.4 is 10.1 Å². The fraction of sp³-hybridized carbons (Fsp3) is 0.273. The van der Waals surface area contributed by atoms with E-state index in [1.807, 2.05) is 68.6 Å². The zero-order chi connectivity index (χ0) is 20.1. The second-order valence-corrected chi connectivity index (χ2v) is 6.89. The third kappa shape index (κ3) is 4.34. The highest BCUT2D eigenvalue weighted by atomic mass is 32.1. The molecule has 0 amide bonds. The quantitative estimate of drug-likeness (QED) is 0.589. The smallest absolute Gasteiger partial charge is 0.338 e. The van der Waals surface area contributed by atoms with Crippen LogP contribution in [-0.4, -0.2) is 29.6 Å². The number of rotatable bonds is 6. The van der Waals surface area contributed by atoms with Crippen LogP contribution in [0.4, 0.5) is 0 Å². The average molecular weight is 397 g/mol. The van der Waals surface area contributed by atoms with Gasteiger partial charge in [-0.15, -0.1) is 0 Å². The normalized spacial score (nSPS) is 16.6. The summed E-state index contributed by atoms with van der Waals surface area (Å²) >= 11 is 5.41. The average Bonchev–Trinajstić information content (AvgIpc) is 2.71. The first kappa shape index (κ1) is 19.9. The molecule has 0 aliphatic carbocycles. The van der Waals surface area contributed by atoms with Gasteiger partial charge in [-0.25, -0.2) is 4.79 Å². The van der Waals surface area contributed by atoms with Crippen LogP contribution in [0.3, 0.4) is 0 Å². The van der Waals surface area contributed by atoms with Crippen LogP contribution >= 0.6 is 12.2 Å². The molecule has 0 saturated heterocycles. The second-order valence-electron chi connectivity index (χ2n) is 6.50. The Morgan fingerprint density at radius 3 is 2.46 bits per heavy atom. The van der Waals surface area contributed by atoms with Gasteiger partial charge >= 0.3 is 5.97 Å². The SMILES string of the molecule is CCOC(=O)C1=C(C)N(C)C(=S)NC1c1ccc(OCc2ccccc2)cc1. The third-order valence-corrected chi connectivity index (χ3v) is 5.10. The number of nitrogens with one attached hydrogen (secondary N) is 1. The van der Waals surface area contributed by atoms with Crippen molar-refractivity contribution >= 4 is 23.3 Å². The third-order valence-electron chi connectivity index (χ3n) is 4.71. The largest absolute Gasteiger partial charge is 0.489 e. The molecule has 1 N–H and O–H groups in total. The van der Waals surface area contributed by atoms with E-state index in [0.717, 1.165) is 22.6 Å². The Bertz CT molecular complexity index is 878. The molecular formula is C22H24N2O3S. The Balaban J connectivity index is 1.80. The summed E-state index contributed by atoms with van der Waals surface area (Å²) in [6.07, 6.45) is 0. The van der Waals surface area contributed by atoms with E-state index < -0.39 is 0 Å². The molecule has 1 aliphatic rings. The van der Waals surface area contributed by atoms with Gasteiger partial charge in [0.1, 0.15) is 12.4 Å². The van der Waals surface area contributed by atoms with Crippen LogP contribution in [0.2, 0.25) is 0 Å². The van der Waals surface area contributed by atoms with Gasteiger partial charge in [0.2, 0.25) is 0 Å². The molecule has 1 aliphatic heterocycles. The summed E-state index contributed by atoms with van der Waals surface area (Å²) < 4.78 is 11.1. The number of benzene rings is 2. The minimum atomic E-state index is -0.356. The molecule has 0 aromatic heterocycles. The summed E-state index contributed by atoms with van der Waals surface area (Å²) in [5.74, 6) is 0.428. The van der Waals surface area contributed by atoms with E-state index in [-0.39, 0.29) is 12.0 Å². The van der Waals surface area contributed by atoms with Crippen molar-refractivity contribution in [1.82, 2.24) is 10.2 Å². The minimum absolute atomic E-state index is 0.322. The molecule has 1 heterocycles. The van der Waals surface area contributed by atoms with Crippen molar-refractivity contribution < 1.29 is 14.3 Å². The zero-order valence-corrected chi connectivity index (χ0v) is 17.1. The molecule has 1 unspecified atom stereocenters. The molecule has 0 saturated carbocycles. The number of ether oxygens (including phenoxy) is 2. The lowest BCUT2D eigenvalue weighted by Crippen LogP contribution is -2.46. The van der Waals surface area contributed by atoms with Gasteiger partial charge < -0.3 is 19.7 Å². The van der Waals surface area contributed by atoms with Crippen LogP contribution in [0, 0.1) is 0 Å². The topological polar surface area (TPSA) is 50.8 Å². The summed E-state index contributed by atoms with van der Waals surface area (Å²) in [4.78, 5) is 14.3. The lowest BCUT2D eigenvalue weighted by Gasteiger charge is -2.35. The van der Waals surface area contributed by atoms with Gasteiger partial charge in [0.25, 0.3) is 0 Å². The molecule has 146 valence electrons. The van der Waals surface area contributed by atoms with E-state index in [1.54, 1.807) is 11.8 Å². The number of thiocarbonyl (C=S) groups is 1. The van der Waals surface area contributed by atoms with Crippen molar-refractivity contribution in [2.75, 3.05) is 13.7 Å². The lowest BCUT2D eigenvalue weighted by molar-refractivity contribution is -0.139. The molecule has 0 fully saturated rings. The lowest BCUT2D eigenvalue weighted by atomic mass is 9.95. The summed E-state index contributed by atoms with van der Waals surface area (Å²) in [6.45, 7) is 4.50. The Morgan fingerprint density at radius 1 is 1.14 bits per heavy atom. The van der Waals surface area contributed by atoms with Crippen LogP contribution in [0.25, 0.3) is 0 Å². The Kier molecular flexibility index (Phi) is 6.31. The van der Waals surface area contributed by atoms with Crippen LogP contribution in [0.1, 0.15) is 31.0 Å². The molecule has 5 nitrogen and oxygen atoms in total. The highest BCUT2D eigenvalue weighted by Crippen LogP contribution is 2.31. The summed E-state index contributed by atoms with van der Waals surface area (Å²) in [7, 11) is 1.83. The fourth-order valence-electron chi connectivity index (χ4n) is 3.06. The second kappa shape index (κ2) is 8.89. The van der Waals surface area contributed by atoms with E-state index in [0.29, 0.717) is 23.9 Å². The van der Waals surface area contributed by atoms with E-state index in [9.17, 15) is 4.79 Å². The molecule has 0 spiro atoms. The van der Waals surface area contributed by atoms with Gasteiger partial charge in [0.05, 0.1) is 18.2 Å². The summed E-state index contributed by atoms with van der Waals surface area (Å²) in [6, 6.07) is 17.3. The molecule has 28 heavy (non-hydrogen) atoms. The predicted molar refractivity (Wildman–Crippen MR) is 113 cm³/mol. The highest BCUT2D eigenvalue weighted by Gasteiger charge is 2.33. The number of allylic oxidation sites excluding steroid dienone is 1.